The van der Waals surface area contributed by atoms with Gasteiger partial charge < -0.3 is 5.32 Å². The number of benzene rings is 2. The van der Waals surface area contributed by atoms with Crippen molar-refractivity contribution in [2.24, 2.45) is 0 Å². The number of alkyl halides is 3. The normalized spacial score (nSPS) is 13.0. The van der Waals surface area contributed by atoms with Crippen LogP contribution in [0.3, 0.4) is 0 Å². The van der Waals surface area contributed by atoms with Crippen molar-refractivity contribution in [3.8, 4) is 0 Å². The van der Waals surface area contributed by atoms with Crippen molar-refractivity contribution >= 4 is 21.6 Å². The Bertz CT molecular complexity index is 623. The second-order valence-corrected chi connectivity index (χ2v) is 5.56. The van der Waals surface area contributed by atoms with Gasteiger partial charge in [-0.3, -0.25) is 0 Å². The van der Waals surface area contributed by atoms with Crippen LogP contribution in [0, 0.1) is 5.82 Å². The van der Waals surface area contributed by atoms with Gasteiger partial charge in [-0.25, -0.2) is 4.39 Å². The first-order valence-corrected chi connectivity index (χ1v) is 6.95. The molecule has 2 aromatic rings. The van der Waals surface area contributed by atoms with E-state index in [0.717, 1.165) is 17.7 Å². The van der Waals surface area contributed by atoms with Crippen LogP contribution in [0.2, 0.25) is 0 Å². The molecule has 1 atom stereocenters. The fraction of sp³-hybridized carbons (Fsp3) is 0.200. The van der Waals surface area contributed by atoms with E-state index in [1.54, 1.807) is 25.1 Å². The van der Waals surface area contributed by atoms with Crippen molar-refractivity contribution in [3.05, 3.63) is 63.9 Å². The van der Waals surface area contributed by atoms with Crippen LogP contribution in [0.1, 0.15) is 24.1 Å². The minimum atomic E-state index is -4.40. The van der Waals surface area contributed by atoms with Crippen LogP contribution in [-0.4, -0.2) is 0 Å². The van der Waals surface area contributed by atoms with E-state index >= 15 is 0 Å². The highest BCUT2D eigenvalue weighted by Crippen LogP contribution is 2.34. The van der Waals surface area contributed by atoms with E-state index in [1.807, 2.05) is 0 Å². The molecule has 0 aliphatic heterocycles. The smallest absolute Gasteiger partial charge is 0.378 e. The van der Waals surface area contributed by atoms with Gasteiger partial charge >= 0.3 is 6.18 Å². The van der Waals surface area contributed by atoms with E-state index in [-0.39, 0.29) is 11.9 Å². The first-order chi connectivity index (χ1) is 9.75. The topological polar surface area (TPSA) is 12.0 Å². The van der Waals surface area contributed by atoms with Crippen molar-refractivity contribution in [1.82, 2.24) is 0 Å². The molecule has 0 fully saturated rings. The molecule has 0 radical (unpaired) electrons. The highest BCUT2D eigenvalue weighted by atomic mass is 79.9. The van der Waals surface area contributed by atoms with Gasteiger partial charge in [-0.15, -0.1) is 0 Å². The number of nitrogens with one attached hydrogen (secondary N) is 1. The Morgan fingerprint density at radius 3 is 2.24 bits per heavy atom. The summed E-state index contributed by atoms with van der Waals surface area (Å²) in [6, 6.07) is 9.20. The van der Waals surface area contributed by atoms with E-state index < -0.39 is 11.7 Å². The van der Waals surface area contributed by atoms with Crippen LogP contribution >= 0.6 is 15.9 Å². The molecule has 0 spiro atoms. The van der Waals surface area contributed by atoms with Gasteiger partial charge in [-0.1, -0.05) is 28.1 Å². The third-order valence-corrected chi connectivity index (χ3v) is 3.44. The first-order valence-electron chi connectivity index (χ1n) is 6.15. The zero-order chi connectivity index (χ0) is 15.6. The number of anilines is 1. The summed E-state index contributed by atoms with van der Waals surface area (Å²) in [7, 11) is 0. The number of hydrogen-bond donors (Lipinski definition) is 1. The third-order valence-electron chi connectivity index (χ3n) is 2.98. The Balaban J connectivity index is 2.23. The zero-order valence-corrected chi connectivity index (χ0v) is 12.6. The summed E-state index contributed by atoms with van der Waals surface area (Å²) in [5, 5.41) is 2.98. The predicted octanol–water partition coefficient (Wildman–Crippen LogP) is 5.78. The SMILES string of the molecule is CC(Nc1cc(Br)cc(C(F)(F)F)c1)c1ccc(F)cc1. The Labute approximate surface area is 128 Å². The van der Waals surface area contributed by atoms with Gasteiger partial charge in [-0.2, -0.15) is 13.2 Å². The largest absolute Gasteiger partial charge is 0.416 e. The molecule has 1 nitrogen and oxygen atoms in total. The fourth-order valence-corrected chi connectivity index (χ4v) is 2.41. The first kappa shape index (κ1) is 15.8. The van der Waals surface area contributed by atoms with Crippen LogP contribution in [0.25, 0.3) is 0 Å². The highest BCUT2D eigenvalue weighted by Gasteiger charge is 2.31. The molecule has 0 saturated heterocycles. The molecular weight excluding hydrogens is 350 g/mol. The molecule has 0 aliphatic carbocycles. The summed E-state index contributed by atoms with van der Waals surface area (Å²) in [5.74, 6) is -0.354. The fourth-order valence-electron chi connectivity index (χ4n) is 1.92. The summed E-state index contributed by atoms with van der Waals surface area (Å²) in [6.45, 7) is 1.79. The van der Waals surface area contributed by atoms with Crippen molar-refractivity contribution in [2.75, 3.05) is 5.32 Å². The number of halogens is 5. The van der Waals surface area contributed by atoms with Crippen LogP contribution < -0.4 is 5.32 Å². The number of rotatable bonds is 3. The van der Waals surface area contributed by atoms with Gasteiger partial charge in [0.2, 0.25) is 0 Å². The minimum Gasteiger partial charge on any atom is -0.378 e. The summed E-state index contributed by atoms with van der Waals surface area (Å²) in [5.41, 5.74) is 0.393. The van der Waals surface area contributed by atoms with Gasteiger partial charge in [0.15, 0.2) is 0 Å². The molecule has 112 valence electrons. The highest BCUT2D eigenvalue weighted by molar-refractivity contribution is 9.10. The second kappa shape index (κ2) is 6.05. The van der Waals surface area contributed by atoms with Crippen LogP contribution in [0.4, 0.5) is 23.2 Å². The van der Waals surface area contributed by atoms with E-state index in [1.165, 1.54) is 12.1 Å². The van der Waals surface area contributed by atoms with E-state index in [9.17, 15) is 17.6 Å². The maximum Gasteiger partial charge on any atom is 0.416 e. The molecule has 0 heterocycles. The third kappa shape index (κ3) is 4.20. The summed E-state index contributed by atoms with van der Waals surface area (Å²) in [6.07, 6.45) is -4.40. The van der Waals surface area contributed by atoms with Gasteiger partial charge in [0.25, 0.3) is 0 Å². The average molecular weight is 362 g/mol. The lowest BCUT2D eigenvalue weighted by molar-refractivity contribution is -0.137. The van der Waals surface area contributed by atoms with Crippen LogP contribution in [0.15, 0.2) is 46.9 Å². The zero-order valence-electron chi connectivity index (χ0n) is 11.0. The molecule has 21 heavy (non-hydrogen) atoms. The summed E-state index contributed by atoms with van der Waals surface area (Å²) in [4.78, 5) is 0. The molecule has 0 aromatic heterocycles. The Hall–Kier alpha value is -1.56. The molecule has 1 unspecified atom stereocenters. The van der Waals surface area contributed by atoms with Crippen LogP contribution in [0.5, 0.6) is 0 Å². The molecule has 0 aliphatic rings. The van der Waals surface area contributed by atoms with Gasteiger partial charge in [-0.05, 0) is 42.8 Å². The minimum absolute atomic E-state index is 0.249. The van der Waals surface area contributed by atoms with E-state index in [4.69, 9.17) is 0 Å². The molecule has 0 saturated carbocycles. The van der Waals surface area contributed by atoms with Crippen molar-refractivity contribution in [2.45, 2.75) is 19.1 Å². The maximum atomic E-state index is 12.9. The van der Waals surface area contributed by atoms with Gasteiger partial charge in [0.05, 0.1) is 5.56 Å². The lowest BCUT2D eigenvalue weighted by atomic mass is 10.1. The van der Waals surface area contributed by atoms with Crippen LogP contribution in [-0.2, 0) is 6.18 Å². The molecular formula is C15H12BrF4N. The Morgan fingerprint density at radius 2 is 1.67 bits per heavy atom. The monoisotopic (exact) mass is 361 g/mol. The van der Waals surface area contributed by atoms with Crippen molar-refractivity contribution in [3.63, 3.8) is 0 Å². The van der Waals surface area contributed by atoms with Gasteiger partial charge in [0.1, 0.15) is 5.82 Å². The average Bonchev–Trinajstić information content (AvgIpc) is 2.37. The quantitative estimate of drug-likeness (QED) is 0.683. The Kier molecular flexibility index (Phi) is 4.56. The molecule has 0 amide bonds. The summed E-state index contributed by atoms with van der Waals surface area (Å²) < 4.78 is 51.5. The van der Waals surface area contributed by atoms with E-state index in [0.29, 0.717) is 10.2 Å². The Morgan fingerprint density at radius 1 is 1.05 bits per heavy atom. The molecule has 2 rings (SSSR count). The summed E-state index contributed by atoms with van der Waals surface area (Å²) >= 11 is 3.07. The molecule has 2 aromatic carbocycles. The van der Waals surface area contributed by atoms with E-state index in [2.05, 4.69) is 21.2 Å². The second-order valence-electron chi connectivity index (χ2n) is 4.64. The van der Waals surface area contributed by atoms with Crippen molar-refractivity contribution in [1.29, 1.82) is 0 Å². The molecule has 0 bridgehead atoms. The number of hydrogen-bond acceptors (Lipinski definition) is 1. The standard InChI is InChI=1S/C15H12BrF4N/c1-9(10-2-4-13(17)5-3-10)21-14-7-11(15(18,19)20)6-12(16)8-14/h2-9,21H,1H3. The predicted molar refractivity (Wildman–Crippen MR) is 77.6 cm³/mol. The lowest BCUT2D eigenvalue weighted by Crippen LogP contribution is -2.09. The lowest BCUT2D eigenvalue weighted by Gasteiger charge is -2.17. The molecule has 1 N–H and O–H groups in total. The molecule has 6 heteroatoms. The van der Waals surface area contributed by atoms with Gasteiger partial charge in [0, 0.05) is 16.2 Å². The maximum absolute atomic E-state index is 12.9. The van der Waals surface area contributed by atoms with Crippen molar-refractivity contribution < 1.29 is 17.6 Å².